The van der Waals surface area contributed by atoms with Crippen LogP contribution in [-0.2, 0) is 0 Å². The highest BCUT2D eigenvalue weighted by molar-refractivity contribution is 7.22. The van der Waals surface area contributed by atoms with Crippen molar-refractivity contribution >= 4 is 32.6 Å². The van der Waals surface area contributed by atoms with Crippen LogP contribution in [0.1, 0.15) is 21.5 Å². The van der Waals surface area contributed by atoms with E-state index in [9.17, 15) is 9.18 Å². The lowest BCUT2D eigenvalue weighted by molar-refractivity contribution is 0.0746. The highest BCUT2D eigenvalue weighted by Crippen LogP contribution is 2.32. The number of hydrogen-bond donors (Lipinski definition) is 0. The van der Waals surface area contributed by atoms with Crippen LogP contribution in [0.2, 0.25) is 0 Å². The Hall–Kier alpha value is -2.47. The number of benzene rings is 2. The summed E-state index contributed by atoms with van der Waals surface area (Å²) in [6.45, 7) is 6.90. The van der Waals surface area contributed by atoms with Crippen molar-refractivity contribution in [2.75, 3.05) is 31.1 Å². The molecule has 0 bridgehead atoms. The van der Waals surface area contributed by atoms with Crippen molar-refractivity contribution in [2.24, 2.45) is 0 Å². The van der Waals surface area contributed by atoms with Crippen molar-refractivity contribution in [1.29, 1.82) is 0 Å². The van der Waals surface area contributed by atoms with Crippen LogP contribution in [0.15, 0.2) is 36.4 Å². The lowest BCUT2D eigenvalue weighted by atomic mass is 10.1. The van der Waals surface area contributed by atoms with Crippen LogP contribution in [0.4, 0.5) is 9.52 Å². The number of aromatic nitrogens is 1. The van der Waals surface area contributed by atoms with E-state index in [1.165, 1.54) is 28.0 Å². The number of piperazine rings is 1. The monoisotopic (exact) mass is 369 g/mol. The van der Waals surface area contributed by atoms with Crippen LogP contribution in [0.25, 0.3) is 10.2 Å². The summed E-state index contributed by atoms with van der Waals surface area (Å²) in [6.07, 6.45) is 0. The fourth-order valence-electron chi connectivity index (χ4n) is 3.41. The van der Waals surface area contributed by atoms with E-state index in [1.807, 2.05) is 0 Å². The fourth-order valence-corrected chi connectivity index (χ4v) is 4.47. The molecular formula is C20H20FN3OS. The fraction of sp³-hybridized carbons (Fsp3) is 0.300. The number of nitrogens with zero attached hydrogens (tertiary/aromatic N) is 3. The molecule has 6 heteroatoms. The normalized spacial score (nSPS) is 14.9. The minimum Gasteiger partial charge on any atom is -0.345 e. The molecule has 1 aliphatic heterocycles. The van der Waals surface area contributed by atoms with Gasteiger partial charge in [-0.25, -0.2) is 9.37 Å². The summed E-state index contributed by atoms with van der Waals surface area (Å²) in [5.74, 6) is -0.491. The first-order valence-corrected chi connectivity index (χ1v) is 9.50. The van der Waals surface area contributed by atoms with Gasteiger partial charge in [0.2, 0.25) is 0 Å². The van der Waals surface area contributed by atoms with Gasteiger partial charge >= 0.3 is 0 Å². The molecule has 0 aliphatic carbocycles. The van der Waals surface area contributed by atoms with Crippen molar-refractivity contribution in [2.45, 2.75) is 13.8 Å². The molecule has 1 fully saturated rings. The molecule has 1 aromatic heterocycles. The summed E-state index contributed by atoms with van der Waals surface area (Å²) in [5.41, 5.74) is 3.92. The van der Waals surface area contributed by atoms with Gasteiger partial charge in [-0.3, -0.25) is 4.79 Å². The number of anilines is 1. The zero-order valence-corrected chi connectivity index (χ0v) is 15.6. The third-order valence-corrected chi connectivity index (χ3v) is 5.99. The van der Waals surface area contributed by atoms with Crippen LogP contribution in [0.3, 0.4) is 0 Å². The van der Waals surface area contributed by atoms with E-state index < -0.39 is 0 Å². The Morgan fingerprint density at radius 1 is 1.12 bits per heavy atom. The van der Waals surface area contributed by atoms with Gasteiger partial charge in [-0.2, -0.15) is 0 Å². The van der Waals surface area contributed by atoms with Gasteiger partial charge in [-0.15, -0.1) is 0 Å². The molecule has 0 radical (unpaired) electrons. The quantitative estimate of drug-likeness (QED) is 0.685. The summed E-state index contributed by atoms with van der Waals surface area (Å²) >= 11 is 1.71. The lowest BCUT2D eigenvalue weighted by Gasteiger charge is -2.34. The Balaban J connectivity index is 1.48. The maximum Gasteiger partial charge on any atom is 0.254 e. The van der Waals surface area contributed by atoms with Crippen LogP contribution in [-0.4, -0.2) is 42.0 Å². The molecule has 1 aliphatic rings. The Morgan fingerprint density at radius 3 is 2.62 bits per heavy atom. The molecule has 0 atom stereocenters. The molecule has 4 nitrogen and oxygen atoms in total. The second-order valence-electron chi connectivity index (χ2n) is 6.72. The van der Waals surface area contributed by atoms with Gasteiger partial charge in [-0.05, 0) is 49.2 Å². The molecule has 1 saturated heterocycles. The number of hydrogen-bond acceptors (Lipinski definition) is 4. The zero-order chi connectivity index (χ0) is 18.3. The SMILES string of the molecule is Cc1cc(C)c2sc(N3CCN(C(=O)c4cccc(F)c4)CC3)nc2c1. The molecule has 3 aromatic rings. The molecule has 26 heavy (non-hydrogen) atoms. The summed E-state index contributed by atoms with van der Waals surface area (Å²) in [7, 11) is 0. The predicted octanol–water partition coefficient (Wildman–Crippen LogP) is 4.01. The molecule has 134 valence electrons. The molecule has 0 N–H and O–H groups in total. The van der Waals surface area contributed by atoms with Crippen molar-refractivity contribution in [3.63, 3.8) is 0 Å². The first-order chi connectivity index (χ1) is 12.5. The van der Waals surface area contributed by atoms with E-state index in [1.54, 1.807) is 28.4 Å². The van der Waals surface area contributed by atoms with Crippen molar-refractivity contribution in [3.05, 3.63) is 58.9 Å². The van der Waals surface area contributed by atoms with E-state index in [-0.39, 0.29) is 11.7 Å². The van der Waals surface area contributed by atoms with Gasteiger partial charge in [0.05, 0.1) is 10.2 Å². The summed E-state index contributed by atoms with van der Waals surface area (Å²) in [6, 6.07) is 10.2. The number of carbonyl (C=O) groups excluding carboxylic acids is 1. The number of thiazole rings is 1. The average molecular weight is 369 g/mol. The van der Waals surface area contributed by atoms with Crippen LogP contribution >= 0.6 is 11.3 Å². The van der Waals surface area contributed by atoms with Crippen LogP contribution < -0.4 is 4.90 Å². The topological polar surface area (TPSA) is 36.4 Å². The molecule has 0 saturated carbocycles. The maximum atomic E-state index is 13.4. The number of carbonyl (C=O) groups is 1. The van der Waals surface area contributed by atoms with Crippen LogP contribution in [0.5, 0.6) is 0 Å². The standard InChI is InChI=1S/C20H20FN3OS/c1-13-10-14(2)18-17(11-13)22-20(26-18)24-8-6-23(7-9-24)19(25)15-4-3-5-16(21)12-15/h3-5,10-12H,6-9H2,1-2H3. The number of fused-ring (bicyclic) bond motifs is 1. The molecule has 4 rings (SSSR count). The highest BCUT2D eigenvalue weighted by atomic mass is 32.1. The van der Waals surface area contributed by atoms with Crippen molar-refractivity contribution in [3.8, 4) is 0 Å². The van der Waals surface area contributed by atoms with Crippen molar-refractivity contribution < 1.29 is 9.18 Å². The molecular weight excluding hydrogens is 349 g/mol. The number of amides is 1. The number of halogens is 1. The Morgan fingerprint density at radius 2 is 1.88 bits per heavy atom. The second kappa shape index (κ2) is 6.68. The van der Waals surface area contributed by atoms with Gasteiger partial charge in [0.25, 0.3) is 5.91 Å². The number of aryl methyl sites for hydroxylation is 2. The van der Waals surface area contributed by atoms with Gasteiger partial charge in [0, 0.05) is 31.7 Å². The van der Waals surface area contributed by atoms with Crippen LogP contribution in [0, 0.1) is 19.7 Å². The third kappa shape index (κ3) is 3.17. The van der Waals surface area contributed by atoms with E-state index >= 15 is 0 Å². The Bertz CT molecular complexity index is 976. The highest BCUT2D eigenvalue weighted by Gasteiger charge is 2.24. The third-order valence-electron chi connectivity index (χ3n) is 4.72. The first-order valence-electron chi connectivity index (χ1n) is 8.69. The average Bonchev–Trinajstić information content (AvgIpc) is 3.05. The summed E-state index contributed by atoms with van der Waals surface area (Å²) in [4.78, 5) is 21.4. The van der Waals surface area contributed by atoms with Crippen molar-refractivity contribution in [1.82, 2.24) is 9.88 Å². The molecule has 0 spiro atoms. The van der Waals surface area contributed by atoms with E-state index in [0.29, 0.717) is 18.7 Å². The lowest BCUT2D eigenvalue weighted by Crippen LogP contribution is -2.48. The van der Waals surface area contributed by atoms with Gasteiger partial charge in [-0.1, -0.05) is 23.5 Å². The zero-order valence-electron chi connectivity index (χ0n) is 14.8. The second-order valence-corrected chi connectivity index (χ2v) is 7.69. The predicted molar refractivity (Wildman–Crippen MR) is 104 cm³/mol. The number of rotatable bonds is 2. The molecule has 0 unspecified atom stereocenters. The minimum absolute atomic E-state index is 0.111. The van der Waals surface area contributed by atoms with E-state index in [4.69, 9.17) is 4.98 Å². The summed E-state index contributed by atoms with van der Waals surface area (Å²) < 4.78 is 14.6. The Kier molecular flexibility index (Phi) is 4.36. The van der Waals surface area contributed by atoms with E-state index in [2.05, 4.69) is 30.9 Å². The Labute approximate surface area is 155 Å². The van der Waals surface area contributed by atoms with E-state index in [0.717, 1.165) is 23.7 Å². The van der Waals surface area contributed by atoms with Gasteiger partial charge in [0.1, 0.15) is 5.82 Å². The molecule has 2 heterocycles. The first kappa shape index (κ1) is 17.0. The smallest absolute Gasteiger partial charge is 0.254 e. The van der Waals surface area contributed by atoms with Gasteiger partial charge < -0.3 is 9.80 Å². The minimum atomic E-state index is -0.380. The molecule has 1 amide bonds. The largest absolute Gasteiger partial charge is 0.345 e. The maximum absolute atomic E-state index is 13.4. The summed E-state index contributed by atoms with van der Waals surface area (Å²) in [5, 5.41) is 1.01. The molecule has 2 aromatic carbocycles. The van der Waals surface area contributed by atoms with Gasteiger partial charge in [0.15, 0.2) is 5.13 Å².